The summed E-state index contributed by atoms with van der Waals surface area (Å²) in [5, 5.41) is 2.99. The van der Waals surface area contributed by atoms with E-state index < -0.39 is 0 Å². The van der Waals surface area contributed by atoms with E-state index in [-0.39, 0.29) is 5.91 Å². The SMILES string of the molecule is O=C(C[NH+]1CC=C(c2ccccc2)CC1)Nc1ccc2c(c1)OCCCO2. The van der Waals surface area contributed by atoms with E-state index in [0.717, 1.165) is 37.4 Å². The van der Waals surface area contributed by atoms with Gasteiger partial charge in [0, 0.05) is 24.6 Å². The van der Waals surface area contributed by atoms with Crippen LogP contribution in [0.5, 0.6) is 11.5 Å². The first kappa shape index (κ1) is 17.6. The molecule has 2 N–H and O–H groups in total. The Morgan fingerprint density at radius 1 is 1.04 bits per heavy atom. The fourth-order valence-electron chi connectivity index (χ4n) is 3.53. The van der Waals surface area contributed by atoms with Crippen LogP contribution in [0.2, 0.25) is 0 Å². The predicted octanol–water partition coefficient (Wildman–Crippen LogP) is 2.16. The molecule has 2 aliphatic rings. The molecule has 0 aliphatic carbocycles. The first-order valence-corrected chi connectivity index (χ1v) is 9.55. The number of quaternary nitrogens is 1. The molecule has 0 bridgehead atoms. The molecular formula is C22H25N2O3+. The summed E-state index contributed by atoms with van der Waals surface area (Å²) in [6.07, 6.45) is 4.12. The Bertz CT molecular complexity index is 833. The minimum atomic E-state index is 0.0241. The fraction of sp³-hybridized carbons (Fsp3) is 0.318. The summed E-state index contributed by atoms with van der Waals surface area (Å²) in [4.78, 5) is 13.7. The van der Waals surface area contributed by atoms with E-state index in [2.05, 4.69) is 35.7 Å². The Morgan fingerprint density at radius 2 is 1.85 bits per heavy atom. The third kappa shape index (κ3) is 4.49. The van der Waals surface area contributed by atoms with Crippen LogP contribution in [0.3, 0.4) is 0 Å². The van der Waals surface area contributed by atoms with E-state index >= 15 is 0 Å². The molecule has 0 fully saturated rings. The van der Waals surface area contributed by atoms with Crippen LogP contribution < -0.4 is 19.7 Å². The van der Waals surface area contributed by atoms with E-state index in [1.807, 2.05) is 24.3 Å². The van der Waals surface area contributed by atoms with Gasteiger partial charge in [-0.2, -0.15) is 0 Å². The number of benzene rings is 2. The lowest BCUT2D eigenvalue weighted by atomic mass is 10.00. The Balaban J connectivity index is 1.33. The van der Waals surface area contributed by atoms with Gasteiger partial charge in [-0.3, -0.25) is 4.79 Å². The summed E-state index contributed by atoms with van der Waals surface area (Å²) < 4.78 is 11.3. The number of amides is 1. The normalized spacial score (nSPS) is 19.0. The molecule has 2 aromatic rings. The molecule has 0 saturated carbocycles. The van der Waals surface area contributed by atoms with Crippen LogP contribution in [-0.4, -0.2) is 38.8 Å². The van der Waals surface area contributed by atoms with Gasteiger partial charge in [-0.15, -0.1) is 0 Å². The lowest BCUT2D eigenvalue weighted by molar-refractivity contribution is -0.886. The van der Waals surface area contributed by atoms with Crippen molar-refractivity contribution in [3.05, 3.63) is 60.2 Å². The second kappa shape index (κ2) is 8.27. The van der Waals surface area contributed by atoms with Gasteiger partial charge in [-0.25, -0.2) is 0 Å². The summed E-state index contributed by atoms with van der Waals surface area (Å²) in [5.41, 5.74) is 3.41. The maximum Gasteiger partial charge on any atom is 0.279 e. The van der Waals surface area contributed by atoms with Gasteiger partial charge < -0.3 is 19.7 Å². The molecule has 0 spiro atoms. The van der Waals surface area contributed by atoms with Crippen molar-refractivity contribution >= 4 is 17.2 Å². The van der Waals surface area contributed by atoms with Crippen molar-refractivity contribution in [2.45, 2.75) is 12.8 Å². The molecule has 1 amide bonds. The Kier molecular flexibility index (Phi) is 5.39. The van der Waals surface area contributed by atoms with Crippen LogP contribution in [0.25, 0.3) is 5.57 Å². The molecule has 2 aliphatic heterocycles. The first-order valence-electron chi connectivity index (χ1n) is 9.55. The highest BCUT2D eigenvalue weighted by Crippen LogP contribution is 2.32. The summed E-state index contributed by atoms with van der Waals surface area (Å²) in [7, 11) is 0. The number of rotatable bonds is 4. The van der Waals surface area contributed by atoms with Crippen molar-refractivity contribution in [3.8, 4) is 11.5 Å². The van der Waals surface area contributed by atoms with Gasteiger partial charge in [0.15, 0.2) is 18.0 Å². The molecule has 1 unspecified atom stereocenters. The second-order valence-electron chi connectivity index (χ2n) is 6.99. The molecule has 0 saturated heterocycles. The number of hydrogen-bond acceptors (Lipinski definition) is 3. The maximum absolute atomic E-state index is 12.4. The average molecular weight is 365 g/mol. The fourth-order valence-corrected chi connectivity index (χ4v) is 3.53. The highest BCUT2D eigenvalue weighted by atomic mass is 16.5. The number of hydrogen-bond donors (Lipinski definition) is 2. The molecular weight excluding hydrogens is 340 g/mol. The second-order valence-corrected chi connectivity index (χ2v) is 6.99. The van der Waals surface area contributed by atoms with E-state index in [1.165, 1.54) is 16.0 Å². The summed E-state index contributed by atoms with van der Waals surface area (Å²) in [5.74, 6) is 1.47. The monoisotopic (exact) mass is 365 g/mol. The van der Waals surface area contributed by atoms with Crippen molar-refractivity contribution in [3.63, 3.8) is 0 Å². The first-order chi connectivity index (χ1) is 13.3. The lowest BCUT2D eigenvalue weighted by Crippen LogP contribution is -3.13. The van der Waals surface area contributed by atoms with Gasteiger partial charge in [-0.1, -0.05) is 30.3 Å². The summed E-state index contributed by atoms with van der Waals surface area (Å²) in [6, 6.07) is 16.0. The quantitative estimate of drug-likeness (QED) is 0.873. The van der Waals surface area contributed by atoms with E-state index in [0.29, 0.717) is 25.5 Å². The van der Waals surface area contributed by atoms with Gasteiger partial charge in [0.05, 0.1) is 26.3 Å². The average Bonchev–Trinajstić information content (AvgIpc) is 2.94. The van der Waals surface area contributed by atoms with Crippen molar-refractivity contribution in [2.75, 3.05) is 38.2 Å². The zero-order chi connectivity index (χ0) is 18.5. The molecule has 5 nitrogen and oxygen atoms in total. The van der Waals surface area contributed by atoms with Crippen LogP contribution in [0, 0.1) is 0 Å². The third-order valence-electron chi connectivity index (χ3n) is 4.97. The number of carbonyl (C=O) groups is 1. The molecule has 0 aromatic heterocycles. The van der Waals surface area contributed by atoms with E-state index in [1.54, 1.807) is 0 Å². The molecule has 27 heavy (non-hydrogen) atoms. The van der Waals surface area contributed by atoms with E-state index in [9.17, 15) is 4.79 Å². The van der Waals surface area contributed by atoms with Crippen LogP contribution in [0.1, 0.15) is 18.4 Å². The van der Waals surface area contributed by atoms with Crippen molar-refractivity contribution in [1.29, 1.82) is 0 Å². The minimum Gasteiger partial charge on any atom is -0.490 e. The van der Waals surface area contributed by atoms with Crippen LogP contribution >= 0.6 is 0 Å². The Morgan fingerprint density at radius 3 is 2.63 bits per heavy atom. The molecule has 140 valence electrons. The van der Waals surface area contributed by atoms with Gasteiger partial charge in [0.25, 0.3) is 5.91 Å². The summed E-state index contributed by atoms with van der Waals surface area (Å²) in [6.45, 7) is 3.61. The Hall–Kier alpha value is -2.79. The van der Waals surface area contributed by atoms with Crippen LogP contribution in [-0.2, 0) is 4.79 Å². The van der Waals surface area contributed by atoms with Crippen LogP contribution in [0.15, 0.2) is 54.6 Å². The molecule has 1 atom stereocenters. The van der Waals surface area contributed by atoms with Gasteiger partial charge >= 0.3 is 0 Å². The van der Waals surface area contributed by atoms with Gasteiger partial charge in [-0.05, 0) is 29.3 Å². The molecule has 5 heteroatoms. The van der Waals surface area contributed by atoms with Crippen LogP contribution in [0.4, 0.5) is 5.69 Å². The molecule has 4 rings (SSSR count). The zero-order valence-corrected chi connectivity index (χ0v) is 15.4. The van der Waals surface area contributed by atoms with Crippen molar-refractivity contribution < 1.29 is 19.2 Å². The standard InChI is InChI=1S/C22H24N2O3/c25-22(23-19-7-8-20-21(15-19)27-14-4-13-26-20)16-24-11-9-18(10-12-24)17-5-2-1-3-6-17/h1-3,5-9,15H,4,10-14,16H2,(H,23,25)/p+1. The van der Waals surface area contributed by atoms with Crippen molar-refractivity contribution in [1.82, 2.24) is 0 Å². The zero-order valence-electron chi connectivity index (χ0n) is 15.4. The number of ether oxygens (including phenoxy) is 2. The smallest absolute Gasteiger partial charge is 0.279 e. The molecule has 2 heterocycles. The number of anilines is 1. The number of nitrogens with one attached hydrogen (secondary N) is 2. The largest absolute Gasteiger partial charge is 0.490 e. The molecule has 2 aromatic carbocycles. The third-order valence-corrected chi connectivity index (χ3v) is 4.97. The number of fused-ring (bicyclic) bond motifs is 1. The van der Waals surface area contributed by atoms with E-state index in [4.69, 9.17) is 9.47 Å². The predicted molar refractivity (Wildman–Crippen MR) is 105 cm³/mol. The number of carbonyl (C=O) groups excluding carboxylic acids is 1. The van der Waals surface area contributed by atoms with Crippen molar-refractivity contribution in [2.24, 2.45) is 0 Å². The highest BCUT2D eigenvalue weighted by molar-refractivity contribution is 5.91. The highest BCUT2D eigenvalue weighted by Gasteiger charge is 2.19. The van der Waals surface area contributed by atoms with Gasteiger partial charge in [0.1, 0.15) is 0 Å². The minimum absolute atomic E-state index is 0.0241. The lowest BCUT2D eigenvalue weighted by Gasteiger charge is -2.23. The molecule has 0 radical (unpaired) electrons. The Labute approximate surface area is 159 Å². The maximum atomic E-state index is 12.4. The summed E-state index contributed by atoms with van der Waals surface area (Å²) >= 11 is 0. The van der Waals surface area contributed by atoms with Gasteiger partial charge in [0.2, 0.25) is 0 Å². The topological polar surface area (TPSA) is 52.0 Å².